The number of carbonyl (C=O) groups excluding carboxylic acids is 8. The molecule has 1 unspecified atom stereocenters. The van der Waals surface area contributed by atoms with Crippen LogP contribution in [0.25, 0.3) is 0 Å². The summed E-state index contributed by atoms with van der Waals surface area (Å²) < 4.78 is 25.4. The Hall–Kier alpha value is -9.07. The number of hydrogen-bond donors (Lipinski definition) is 4. The molecule has 8 amide bonds. The number of aromatic nitrogens is 4. The third kappa shape index (κ3) is 14.4. The Morgan fingerprint density at radius 3 is 1.86 bits per heavy atom. The van der Waals surface area contributed by atoms with Crippen molar-refractivity contribution < 1.29 is 57.3 Å². The number of fused-ring (bicyclic) bond motifs is 1. The summed E-state index contributed by atoms with van der Waals surface area (Å²) in [5, 5.41) is 22.0. The normalized spacial score (nSPS) is 16.8. The predicted octanol–water partition coefficient (Wildman–Crippen LogP) is 6.64. The van der Waals surface area contributed by atoms with Crippen LogP contribution in [0.5, 0.6) is 0 Å². The molecule has 0 saturated carbocycles. The quantitative estimate of drug-likeness (QED) is 0.0156. The molecule has 0 spiro atoms. The van der Waals surface area contributed by atoms with Gasteiger partial charge < -0.3 is 34.5 Å². The van der Waals surface area contributed by atoms with Gasteiger partial charge in [0.1, 0.15) is 41.5 Å². The van der Waals surface area contributed by atoms with Gasteiger partial charge in [-0.2, -0.15) is 0 Å². The highest BCUT2D eigenvalue weighted by Gasteiger charge is 2.55. The van der Waals surface area contributed by atoms with Crippen molar-refractivity contribution in [3.05, 3.63) is 185 Å². The van der Waals surface area contributed by atoms with Crippen LogP contribution in [0, 0.1) is 0 Å². The van der Waals surface area contributed by atoms with E-state index in [9.17, 15) is 38.4 Å². The lowest BCUT2D eigenvalue weighted by Gasteiger charge is -2.50. The highest BCUT2D eigenvalue weighted by molar-refractivity contribution is 8.01. The van der Waals surface area contributed by atoms with E-state index in [0.29, 0.717) is 26.8 Å². The topological polar surface area (TPSA) is 275 Å². The summed E-state index contributed by atoms with van der Waals surface area (Å²) in [6.07, 6.45) is -4.54. The molecular formula is C59H61N11O12S2. The number of benzene rings is 5. The maximum atomic E-state index is 14.7. The number of thioether (sulfide) groups is 2. The number of tetrazole rings is 1. The number of likely N-dealkylation sites (N-methyl/N-ethyl adjacent to an activating group) is 1. The number of aryl methyl sites for hydroxylation is 1. The van der Waals surface area contributed by atoms with E-state index in [1.165, 1.54) is 62.3 Å². The Labute approximate surface area is 492 Å². The first-order valence-electron chi connectivity index (χ1n) is 26.8. The molecule has 3 aliphatic heterocycles. The van der Waals surface area contributed by atoms with Gasteiger partial charge in [-0.3, -0.25) is 39.6 Å². The van der Waals surface area contributed by atoms with Crippen LogP contribution in [-0.2, 0) is 50.0 Å². The Morgan fingerprint density at radius 2 is 1.31 bits per heavy atom. The van der Waals surface area contributed by atoms with Crippen LogP contribution in [0.2, 0.25) is 0 Å². The fraction of sp³-hybridized carbons (Fsp3) is 0.305. The second kappa shape index (κ2) is 26.9. The molecule has 23 nitrogen and oxygen atoms in total. The van der Waals surface area contributed by atoms with E-state index in [4.69, 9.17) is 18.9 Å². The summed E-state index contributed by atoms with van der Waals surface area (Å²) in [5.41, 5.74) is 2.93. The molecule has 4 N–H and O–H groups in total. The van der Waals surface area contributed by atoms with Crippen molar-refractivity contribution in [1.82, 2.24) is 50.9 Å². The van der Waals surface area contributed by atoms with Gasteiger partial charge in [0.15, 0.2) is 12.3 Å². The number of amides is 8. The highest BCUT2D eigenvalue weighted by Crippen LogP contribution is 2.43. The second-order valence-electron chi connectivity index (χ2n) is 20.4. The fourth-order valence-electron chi connectivity index (χ4n) is 9.32. The van der Waals surface area contributed by atoms with Crippen LogP contribution in [0.4, 0.5) is 20.1 Å². The number of rotatable bonds is 20. The van der Waals surface area contributed by atoms with Crippen molar-refractivity contribution >= 4 is 77.0 Å². The molecule has 436 valence electrons. The molecule has 2 fully saturated rings. The van der Waals surface area contributed by atoms with E-state index in [1.807, 2.05) is 121 Å². The minimum Gasteiger partial charge on any atom is -0.448 e. The molecule has 9 rings (SSSR count). The average Bonchev–Trinajstić information content (AvgIpc) is 1.27. The molecule has 0 bridgehead atoms. The summed E-state index contributed by atoms with van der Waals surface area (Å²) in [6, 6.07) is 38.7. The minimum absolute atomic E-state index is 0.000483. The smallest absolute Gasteiger partial charge is 0.411 e. The Morgan fingerprint density at radius 1 is 0.726 bits per heavy atom. The average molecular weight is 1180 g/mol. The van der Waals surface area contributed by atoms with Crippen molar-refractivity contribution in [3.63, 3.8) is 0 Å². The Balaban J connectivity index is 0.933. The highest BCUT2D eigenvalue weighted by atomic mass is 32.2. The second-order valence-corrected chi connectivity index (χ2v) is 22.4. The predicted molar refractivity (Wildman–Crippen MR) is 308 cm³/mol. The number of β-lactam (4-membered cyclic amide) rings is 1. The third-order valence-electron chi connectivity index (χ3n) is 13.4. The number of anilines is 1. The Bertz CT molecular complexity index is 3310. The molecule has 3 aliphatic rings. The standard InChI is InChI=1S/C59H61N11O12S2/c1-6-68-31-32-69(52(74)51(68)73)55(76)63-44(36-27-29-42(30-28-36)60-57(77)79-33-43(61-58(78)82-59(2,3)4)80-47(37-19-11-7-12-20-37)38-21-13-8-14-22-38)49(71)62-45-50(72)70-46(41(34-83-53(45)70)35-84-56-64-65-66-67(56)5)54(75)81-48(39-23-15-9-16-24-39)40-25-17-10-18-26-40/h7-30,43-45,47-48,53H,6,31-35H2,1-5H3,(H,60,77)(H,61,78)(H,62,71)(H,63,76)/t43?,44-,45+,53+/m0/s1. The number of hydrogen-bond acceptors (Lipinski definition) is 17. The lowest BCUT2D eigenvalue weighted by atomic mass is 10.00. The van der Waals surface area contributed by atoms with Crippen molar-refractivity contribution in [2.75, 3.05) is 43.1 Å². The van der Waals surface area contributed by atoms with Gasteiger partial charge in [-0.1, -0.05) is 145 Å². The number of piperazine rings is 1. The van der Waals surface area contributed by atoms with Gasteiger partial charge in [0.25, 0.3) is 5.91 Å². The van der Waals surface area contributed by atoms with Gasteiger partial charge in [-0.25, -0.2) is 23.9 Å². The zero-order valence-corrected chi connectivity index (χ0v) is 48.0. The Kier molecular flexibility index (Phi) is 19.1. The third-order valence-corrected chi connectivity index (χ3v) is 15.9. The van der Waals surface area contributed by atoms with Crippen molar-refractivity contribution in [2.24, 2.45) is 7.05 Å². The van der Waals surface area contributed by atoms with Crippen LogP contribution in [-0.4, -0.2) is 144 Å². The molecule has 0 aliphatic carbocycles. The van der Waals surface area contributed by atoms with E-state index >= 15 is 0 Å². The number of urea groups is 1. The summed E-state index contributed by atoms with van der Waals surface area (Å²) in [6.45, 7) is 6.46. The fourth-order valence-corrected chi connectivity index (χ4v) is 11.7. The van der Waals surface area contributed by atoms with Crippen LogP contribution < -0.4 is 21.3 Å². The van der Waals surface area contributed by atoms with Crippen molar-refractivity contribution in [2.45, 2.75) is 74.3 Å². The number of alkyl carbamates (subject to hydrolysis) is 1. The van der Waals surface area contributed by atoms with Crippen LogP contribution in [0.15, 0.2) is 162 Å². The van der Waals surface area contributed by atoms with Crippen LogP contribution in [0.3, 0.4) is 0 Å². The molecule has 6 aromatic rings. The van der Waals surface area contributed by atoms with Gasteiger partial charge in [-0.05, 0) is 83.6 Å². The summed E-state index contributed by atoms with van der Waals surface area (Å²) in [7, 11) is 1.67. The summed E-state index contributed by atoms with van der Waals surface area (Å²) in [5.74, 6) is -3.85. The zero-order chi connectivity index (χ0) is 59.5. The molecule has 1 aromatic heterocycles. The van der Waals surface area contributed by atoms with Gasteiger partial charge in [0.2, 0.25) is 11.1 Å². The van der Waals surface area contributed by atoms with Crippen molar-refractivity contribution in [3.8, 4) is 0 Å². The van der Waals surface area contributed by atoms with Gasteiger partial charge in [-0.15, -0.1) is 16.9 Å². The zero-order valence-electron chi connectivity index (χ0n) is 46.4. The van der Waals surface area contributed by atoms with Crippen LogP contribution in [0.1, 0.15) is 73.8 Å². The monoisotopic (exact) mass is 1180 g/mol. The number of nitrogens with one attached hydrogen (secondary N) is 4. The summed E-state index contributed by atoms with van der Waals surface area (Å²) >= 11 is 2.56. The molecule has 0 radical (unpaired) electrons. The van der Waals surface area contributed by atoms with E-state index in [-0.39, 0.29) is 48.1 Å². The van der Waals surface area contributed by atoms with Gasteiger partial charge in [0.05, 0.1) is 0 Å². The molecular weight excluding hydrogens is 1120 g/mol. The maximum Gasteiger partial charge on any atom is 0.411 e. The number of esters is 1. The van der Waals surface area contributed by atoms with E-state index < -0.39 is 95.9 Å². The summed E-state index contributed by atoms with van der Waals surface area (Å²) in [4.78, 5) is 114. The molecule has 4 atom stereocenters. The minimum atomic E-state index is -1.59. The van der Waals surface area contributed by atoms with E-state index in [0.717, 1.165) is 11.1 Å². The van der Waals surface area contributed by atoms with E-state index in [2.05, 4.69) is 36.8 Å². The molecule has 84 heavy (non-hydrogen) atoms. The first-order chi connectivity index (χ1) is 40.5. The number of ether oxygens (including phenoxy) is 4. The van der Waals surface area contributed by atoms with Gasteiger partial charge in [0, 0.05) is 43.9 Å². The SMILES string of the molecule is CCN1CCN(C(=O)N[C@H](C(=O)N[C@@H]2C(=O)N3C(C(=O)OC(c4ccccc4)c4ccccc4)=C(CSc4nnnn4C)CS[C@H]23)c2ccc(NC(=O)OCC(NC(=O)OC(C)(C)C)OC(c3ccccc3)c3ccccc3)cc2)C(=O)C1=O. The van der Waals surface area contributed by atoms with E-state index in [1.54, 1.807) is 34.7 Å². The van der Waals surface area contributed by atoms with Crippen molar-refractivity contribution in [1.29, 1.82) is 0 Å². The first-order valence-corrected chi connectivity index (χ1v) is 28.8. The number of nitrogens with zero attached hydrogens (tertiary/aromatic N) is 7. The lowest BCUT2D eigenvalue weighted by Crippen LogP contribution is -2.71. The number of carbonyl (C=O) groups is 8. The maximum absolute atomic E-state index is 14.7. The van der Waals surface area contributed by atoms with Gasteiger partial charge >= 0.3 is 36.0 Å². The lowest BCUT2D eigenvalue weighted by molar-refractivity contribution is -0.155. The largest absolute Gasteiger partial charge is 0.448 e. The first kappa shape index (κ1) is 59.5. The molecule has 5 aromatic carbocycles. The molecule has 25 heteroatoms. The molecule has 2 saturated heterocycles. The number of imide groups is 1. The van der Waals surface area contributed by atoms with Crippen LogP contribution >= 0.6 is 23.5 Å². The molecule has 4 heterocycles.